The predicted octanol–water partition coefficient (Wildman–Crippen LogP) is 6.09. The minimum Gasteiger partial charge on any atom is -0.467 e. The molecule has 1 aromatic heterocycles. The van der Waals surface area contributed by atoms with Crippen molar-refractivity contribution in [3.05, 3.63) is 97.3 Å². The van der Waals surface area contributed by atoms with E-state index in [1.165, 1.54) is 11.2 Å². The summed E-state index contributed by atoms with van der Waals surface area (Å²) in [7, 11) is 0. The van der Waals surface area contributed by atoms with E-state index in [0.29, 0.717) is 27.9 Å². The van der Waals surface area contributed by atoms with Gasteiger partial charge in [0, 0.05) is 20.2 Å². The van der Waals surface area contributed by atoms with Crippen LogP contribution >= 0.6 is 50.9 Å². The molecule has 2 aromatic carbocycles. The van der Waals surface area contributed by atoms with Gasteiger partial charge < -0.3 is 9.73 Å². The van der Waals surface area contributed by atoms with Crippen LogP contribution in [0.5, 0.6) is 0 Å². The second kappa shape index (κ2) is 10.7. The smallest absolute Gasteiger partial charge is 0.265 e. The molecule has 0 bridgehead atoms. The van der Waals surface area contributed by atoms with Crippen molar-refractivity contribution < 1.29 is 14.0 Å². The zero-order valence-corrected chi connectivity index (χ0v) is 21.3. The van der Waals surface area contributed by atoms with E-state index in [4.69, 9.17) is 27.6 Å². The third-order valence-corrected chi connectivity index (χ3v) is 7.39. The van der Waals surface area contributed by atoms with Gasteiger partial charge in [-0.1, -0.05) is 57.0 Å². The summed E-state index contributed by atoms with van der Waals surface area (Å²) in [6.07, 6.45) is 1.81. The molecule has 0 saturated carbocycles. The van der Waals surface area contributed by atoms with Crippen molar-refractivity contribution in [3.63, 3.8) is 0 Å². The predicted molar refractivity (Wildman–Crippen MR) is 136 cm³/mol. The van der Waals surface area contributed by atoms with Crippen LogP contribution in [0.2, 0.25) is 10.0 Å². The van der Waals surface area contributed by atoms with E-state index in [2.05, 4.69) is 21.2 Å². The molecule has 10 heteroatoms. The van der Waals surface area contributed by atoms with E-state index >= 15 is 0 Å². The molecule has 2 heterocycles. The zero-order chi connectivity index (χ0) is 24.2. The Morgan fingerprint density at radius 2 is 1.97 bits per heavy atom. The molecule has 1 fully saturated rings. The molecule has 0 aliphatic carbocycles. The van der Waals surface area contributed by atoms with Gasteiger partial charge in [0.1, 0.15) is 22.4 Å². The highest BCUT2D eigenvalue weighted by atomic mass is 79.9. The lowest BCUT2D eigenvalue weighted by atomic mass is 10.1. The summed E-state index contributed by atoms with van der Waals surface area (Å²) >= 11 is 16.9. The summed E-state index contributed by atoms with van der Waals surface area (Å²) in [5.41, 5.74) is 1.14. The lowest BCUT2D eigenvalue weighted by Gasteiger charge is -2.19. The second-order valence-corrected chi connectivity index (χ2v) is 10.2. The molecule has 0 spiro atoms. The molecule has 1 aliphatic heterocycles. The lowest BCUT2D eigenvalue weighted by molar-refractivity contribution is -0.117. The number of nitriles is 1. The minimum absolute atomic E-state index is 0.116. The molecule has 1 aliphatic rings. The van der Waals surface area contributed by atoms with Crippen LogP contribution in [-0.4, -0.2) is 17.1 Å². The van der Waals surface area contributed by atoms with Crippen molar-refractivity contribution in [2.75, 3.05) is 4.90 Å². The standard InChI is InChI=1S/C24H16BrCl2N3O3S/c25-15-4-7-17(8-5-15)30-23(32)21(10-14-3-6-16(26)11-20(14)27)34-24(30)19(12-28)22(31)29-13-18-2-1-9-33-18/h1-9,11,21H,10,13H2,(H,29,31)/b24-19-. The van der Waals surface area contributed by atoms with Gasteiger partial charge >= 0.3 is 0 Å². The number of nitrogens with zero attached hydrogens (tertiary/aromatic N) is 2. The monoisotopic (exact) mass is 575 g/mol. The Kier molecular flexibility index (Phi) is 7.69. The maximum atomic E-state index is 13.5. The van der Waals surface area contributed by atoms with Crippen molar-refractivity contribution in [2.45, 2.75) is 18.2 Å². The highest BCUT2D eigenvalue weighted by Gasteiger charge is 2.41. The van der Waals surface area contributed by atoms with Crippen LogP contribution in [0.1, 0.15) is 11.3 Å². The highest BCUT2D eigenvalue weighted by Crippen LogP contribution is 2.42. The molecule has 1 atom stereocenters. The first-order valence-electron chi connectivity index (χ1n) is 10.0. The van der Waals surface area contributed by atoms with Gasteiger partial charge in [-0.2, -0.15) is 5.26 Å². The molecule has 2 amide bonds. The maximum absolute atomic E-state index is 13.5. The van der Waals surface area contributed by atoms with Crippen molar-refractivity contribution in [3.8, 4) is 6.07 Å². The van der Waals surface area contributed by atoms with Crippen molar-refractivity contribution in [1.29, 1.82) is 5.26 Å². The topological polar surface area (TPSA) is 86.3 Å². The number of rotatable bonds is 6. The van der Waals surface area contributed by atoms with Gasteiger partial charge in [-0.3, -0.25) is 14.5 Å². The Balaban J connectivity index is 1.69. The Morgan fingerprint density at radius 3 is 2.62 bits per heavy atom. The first kappa shape index (κ1) is 24.4. The zero-order valence-electron chi connectivity index (χ0n) is 17.4. The van der Waals surface area contributed by atoms with Crippen LogP contribution < -0.4 is 10.2 Å². The molecule has 1 N–H and O–H groups in total. The quantitative estimate of drug-likeness (QED) is 0.283. The number of halogens is 3. The van der Waals surface area contributed by atoms with Crippen molar-refractivity contribution >= 4 is 68.4 Å². The molecule has 0 radical (unpaired) electrons. The van der Waals surface area contributed by atoms with Gasteiger partial charge in [0.25, 0.3) is 5.91 Å². The number of benzene rings is 2. The summed E-state index contributed by atoms with van der Waals surface area (Å²) in [5, 5.41) is 13.2. The number of amides is 2. The molecule has 1 saturated heterocycles. The van der Waals surface area contributed by atoms with Crippen LogP contribution in [-0.2, 0) is 22.6 Å². The molecule has 6 nitrogen and oxygen atoms in total. The van der Waals surface area contributed by atoms with E-state index in [0.717, 1.165) is 21.8 Å². The normalized spacial score (nSPS) is 16.9. The largest absolute Gasteiger partial charge is 0.467 e. The molecule has 3 aromatic rings. The summed E-state index contributed by atoms with van der Waals surface area (Å²) in [6, 6.07) is 17.6. The van der Waals surface area contributed by atoms with Gasteiger partial charge in [-0.15, -0.1) is 0 Å². The van der Waals surface area contributed by atoms with Gasteiger partial charge in [-0.25, -0.2) is 0 Å². The molecular weight excluding hydrogens is 561 g/mol. The number of carbonyl (C=O) groups excluding carboxylic acids is 2. The third kappa shape index (κ3) is 5.34. The molecule has 172 valence electrons. The SMILES string of the molecule is N#C/C(C(=O)NCc1ccco1)=C1/SC(Cc2ccc(Cl)cc2Cl)C(=O)N1c1ccc(Br)cc1. The lowest BCUT2D eigenvalue weighted by Crippen LogP contribution is -2.32. The Bertz CT molecular complexity index is 1300. The van der Waals surface area contributed by atoms with Crippen LogP contribution in [0.15, 0.2) is 80.4 Å². The Hall–Kier alpha value is -2.70. The summed E-state index contributed by atoms with van der Waals surface area (Å²) in [6.45, 7) is 0.116. The number of hydrogen-bond acceptors (Lipinski definition) is 5. The second-order valence-electron chi connectivity index (χ2n) is 7.25. The number of hydrogen-bond donors (Lipinski definition) is 1. The molecular formula is C24H16BrCl2N3O3S. The van der Waals surface area contributed by atoms with E-state index in [-0.39, 0.29) is 23.1 Å². The summed E-state index contributed by atoms with van der Waals surface area (Å²) < 4.78 is 6.07. The van der Waals surface area contributed by atoms with Crippen molar-refractivity contribution in [1.82, 2.24) is 5.32 Å². The van der Waals surface area contributed by atoms with Gasteiger partial charge in [-0.05, 0) is 60.5 Å². The van der Waals surface area contributed by atoms with Crippen LogP contribution in [0, 0.1) is 11.3 Å². The van der Waals surface area contributed by atoms with E-state index < -0.39 is 11.2 Å². The number of furan rings is 1. The molecule has 4 rings (SSSR count). The van der Waals surface area contributed by atoms with Gasteiger partial charge in [0.05, 0.1) is 18.1 Å². The highest BCUT2D eigenvalue weighted by molar-refractivity contribution is 9.10. The van der Waals surface area contributed by atoms with E-state index in [9.17, 15) is 14.9 Å². The van der Waals surface area contributed by atoms with E-state index in [1.807, 2.05) is 6.07 Å². The maximum Gasteiger partial charge on any atom is 0.265 e. The van der Waals surface area contributed by atoms with E-state index in [1.54, 1.807) is 54.6 Å². The number of anilines is 1. The number of nitrogens with one attached hydrogen (secondary N) is 1. The summed E-state index contributed by atoms with van der Waals surface area (Å²) in [4.78, 5) is 27.8. The minimum atomic E-state index is -0.596. The fraction of sp³-hybridized carbons (Fsp3) is 0.125. The van der Waals surface area contributed by atoms with Crippen LogP contribution in [0.3, 0.4) is 0 Å². The molecule has 1 unspecified atom stereocenters. The molecule has 34 heavy (non-hydrogen) atoms. The average Bonchev–Trinajstić information content (AvgIpc) is 3.44. The summed E-state index contributed by atoms with van der Waals surface area (Å²) in [5.74, 6) is -0.299. The van der Waals surface area contributed by atoms with Gasteiger partial charge in [0.15, 0.2) is 0 Å². The first-order valence-corrected chi connectivity index (χ1v) is 12.5. The Labute approximate surface area is 218 Å². The average molecular weight is 577 g/mol. The number of thioether (sulfide) groups is 1. The fourth-order valence-electron chi connectivity index (χ4n) is 3.37. The number of carbonyl (C=O) groups is 2. The Morgan fingerprint density at radius 1 is 1.21 bits per heavy atom. The first-order chi connectivity index (χ1) is 16.4. The van der Waals surface area contributed by atoms with Crippen LogP contribution in [0.4, 0.5) is 5.69 Å². The third-order valence-electron chi connectivity index (χ3n) is 5.01. The van der Waals surface area contributed by atoms with Crippen LogP contribution in [0.25, 0.3) is 0 Å². The van der Waals surface area contributed by atoms with Crippen molar-refractivity contribution in [2.24, 2.45) is 0 Å². The fourth-order valence-corrected chi connectivity index (χ4v) is 5.41. The van der Waals surface area contributed by atoms with Gasteiger partial charge in [0.2, 0.25) is 5.91 Å².